The van der Waals surface area contributed by atoms with Crippen LogP contribution in [0, 0.1) is 12.8 Å². The molecule has 6 nitrogen and oxygen atoms in total. The lowest BCUT2D eigenvalue weighted by molar-refractivity contribution is -0.163. The number of fused-ring (bicyclic) bond motifs is 3. The highest BCUT2D eigenvalue weighted by Crippen LogP contribution is 2.38. The second-order valence-corrected chi connectivity index (χ2v) is 8.98. The molecule has 0 saturated heterocycles. The normalized spacial score (nSPS) is 14.2. The Morgan fingerprint density at radius 3 is 2.47 bits per heavy atom. The number of imidazole rings is 1. The maximum Gasteiger partial charge on any atom is 0.407 e. The minimum Gasteiger partial charge on any atom is -0.480 e. The van der Waals surface area contributed by atoms with Gasteiger partial charge in [-0.1, -0.05) is 26.0 Å². The van der Waals surface area contributed by atoms with Crippen molar-refractivity contribution in [3.8, 4) is 11.3 Å². The van der Waals surface area contributed by atoms with Gasteiger partial charge in [0.15, 0.2) is 0 Å². The van der Waals surface area contributed by atoms with Crippen LogP contribution in [0.15, 0.2) is 47.0 Å². The van der Waals surface area contributed by atoms with Crippen molar-refractivity contribution in [3.63, 3.8) is 0 Å². The lowest BCUT2D eigenvalue weighted by Gasteiger charge is -2.26. The fourth-order valence-electron chi connectivity index (χ4n) is 4.20. The van der Waals surface area contributed by atoms with E-state index in [-0.39, 0.29) is 17.9 Å². The van der Waals surface area contributed by atoms with Crippen LogP contribution in [0.2, 0.25) is 0 Å². The lowest BCUT2D eigenvalue weighted by Crippen LogP contribution is -2.45. The molecular formula is C25H26F3N3O3. The molecule has 4 aromatic rings. The van der Waals surface area contributed by atoms with Gasteiger partial charge in [-0.3, -0.25) is 10.1 Å². The summed E-state index contributed by atoms with van der Waals surface area (Å²) in [5, 5.41) is 13.2. The van der Waals surface area contributed by atoms with E-state index < -0.39 is 24.2 Å². The number of carbonyl (C=O) groups is 1. The van der Waals surface area contributed by atoms with Crippen LogP contribution >= 0.6 is 0 Å². The fraction of sp³-hybridized carbons (Fsp3) is 0.360. The van der Waals surface area contributed by atoms with Gasteiger partial charge in [-0.2, -0.15) is 13.2 Å². The van der Waals surface area contributed by atoms with Gasteiger partial charge in [0.1, 0.15) is 29.1 Å². The number of aliphatic carboxylic acids is 1. The quantitative estimate of drug-likeness (QED) is 0.345. The molecule has 0 amide bonds. The van der Waals surface area contributed by atoms with E-state index >= 15 is 0 Å². The maximum atomic E-state index is 14.0. The molecule has 1 unspecified atom stereocenters. The molecule has 0 saturated carbocycles. The average molecular weight is 473 g/mol. The van der Waals surface area contributed by atoms with Crippen LogP contribution in [-0.2, 0) is 11.8 Å². The zero-order valence-electron chi connectivity index (χ0n) is 19.3. The van der Waals surface area contributed by atoms with Gasteiger partial charge in [-0.05, 0) is 49.1 Å². The first kappa shape index (κ1) is 23.8. The number of hydrogen-bond acceptors (Lipinski definition) is 4. The van der Waals surface area contributed by atoms with E-state index in [0.29, 0.717) is 16.6 Å². The van der Waals surface area contributed by atoms with Crippen LogP contribution in [-0.4, -0.2) is 32.8 Å². The van der Waals surface area contributed by atoms with Gasteiger partial charge < -0.3 is 14.1 Å². The van der Waals surface area contributed by atoms with Crippen molar-refractivity contribution in [1.29, 1.82) is 0 Å². The first-order valence-electron chi connectivity index (χ1n) is 11.0. The molecule has 0 fully saturated rings. The molecule has 0 radical (unpaired) electrons. The van der Waals surface area contributed by atoms with E-state index in [4.69, 9.17) is 4.42 Å². The lowest BCUT2D eigenvalue weighted by atomic mass is 9.99. The Kier molecular flexibility index (Phi) is 6.16. The van der Waals surface area contributed by atoms with E-state index in [1.165, 1.54) is 12.1 Å². The first-order valence-corrected chi connectivity index (χ1v) is 11.0. The summed E-state index contributed by atoms with van der Waals surface area (Å²) in [5.74, 6) is -0.539. The van der Waals surface area contributed by atoms with Crippen molar-refractivity contribution < 1.29 is 27.5 Å². The number of carboxylic acids is 1. The van der Waals surface area contributed by atoms with E-state index in [1.807, 2.05) is 30.7 Å². The average Bonchev–Trinajstić information content (AvgIpc) is 3.28. The SMILES string of the molecule is Cc1ncc(-c2ccc3oc4cc(C(N[C@@H](CC(C)C)C(=O)O)C(F)(F)F)ccc4c3c2)n1C. The zero-order chi connectivity index (χ0) is 24.8. The standard InChI is InChI=1S/C25H26F3N3O3/c1-13(2)9-19(24(32)33)30-23(25(26,27)28)16-5-7-17-18-10-15(20-12-29-14(3)31(20)4)6-8-21(18)34-22(17)11-16/h5-8,10-13,19,23,30H,9H2,1-4H3,(H,32,33)/t19-,23?/m0/s1. The van der Waals surface area contributed by atoms with Crippen LogP contribution in [0.4, 0.5) is 13.2 Å². The second-order valence-electron chi connectivity index (χ2n) is 8.98. The molecule has 0 aliphatic heterocycles. The topological polar surface area (TPSA) is 80.3 Å². The summed E-state index contributed by atoms with van der Waals surface area (Å²) >= 11 is 0. The summed E-state index contributed by atoms with van der Waals surface area (Å²) in [6.45, 7) is 5.43. The van der Waals surface area contributed by atoms with Crippen LogP contribution in [0.3, 0.4) is 0 Å². The highest BCUT2D eigenvalue weighted by Gasteiger charge is 2.43. The highest BCUT2D eigenvalue weighted by molar-refractivity contribution is 6.06. The third-order valence-corrected chi connectivity index (χ3v) is 6.05. The molecule has 34 heavy (non-hydrogen) atoms. The van der Waals surface area contributed by atoms with Gasteiger partial charge in [-0.25, -0.2) is 4.98 Å². The Hall–Kier alpha value is -3.33. The molecule has 2 N–H and O–H groups in total. The summed E-state index contributed by atoms with van der Waals surface area (Å²) in [6.07, 6.45) is -2.84. The third-order valence-electron chi connectivity index (χ3n) is 6.05. The molecule has 2 aromatic carbocycles. The molecule has 0 aliphatic rings. The largest absolute Gasteiger partial charge is 0.480 e. The molecule has 2 atom stereocenters. The van der Waals surface area contributed by atoms with Gasteiger partial charge in [0.2, 0.25) is 0 Å². The molecule has 4 rings (SSSR count). The Morgan fingerprint density at radius 1 is 1.15 bits per heavy atom. The maximum absolute atomic E-state index is 14.0. The molecular weight excluding hydrogens is 447 g/mol. The Bertz CT molecular complexity index is 1350. The second kappa shape index (κ2) is 8.79. The number of aryl methyl sites for hydroxylation is 1. The van der Waals surface area contributed by atoms with Crippen molar-refractivity contribution in [1.82, 2.24) is 14.9 Å². The number of nitrogens with zero attached hydrogens (tertiary/aromatic N) is 2. The van der Waals surface area contributed by atoms with Crippen LogP contribution in [0.25, 0.3) is 33.2 Å². The number of rotatable bonds is 7. The summed E-state index contributed by atoms with van der Waals surface area (Å²) < 4.78 is 49.7. The zero-order valence-corrected chi connectivity index (χ0v) is 19.3. The van der Waals surface area contributed by atoms with E-state index in [1.54, 1.807) is 32.2 Å². The summed E-state index contributed by atoms with van der Waals surface area (Å²) in [5.41, 5.74) is 2.58. The first-order chi connectivity index (χ1) is 16.0. The van der Waals surface area contributed by atoms with Crippen LogP contribution in [0.1, 0.15) is 37.7 Å². The van der Waals surface area contributed by atoms with Crippen molar-refractivity contribution in [2.24, 2.45) is 13.0 Å². The van der Waals surface area contributed by atoms with Gasteiger partial charge in [0.05, 0.1) is 11.9 Å². The Labute approximate surface area is 194 Å². The van der Waals surface area contributed by atoms with Gasteiger partial charge in [0, 0.05) is 23.4 Å². The molecule has 2 aromatic heterocycles. The number of carboxylic acid groups (broad SMARTS) is 1. The predicted octanol–water partition coefficient (Wildman–Crippen LogP) is 5.99. The van der Waals surface area contributed by atoms with E-state index in [0.717, 1.165) is 22.5 Å². The highest BCUT2D eigenvalue weighted by atomic mass is 19.4. The minimum absolute atomic E-state index is 0.0745. The number of halogens is 3. The molecule has 0 spiro atoms. The summed E-state index contributed by atoms with van der Waals surface area (Å²) in [6, 6.07) is 6.43. The molecule has 2 heterocycles. The van der Waals surface area contributed by atoms with Crippen molar-refractivity contribution >= 4 is 27.9 Å². The number of benzene rings is 2. The molecule has 9 heteroatoms. The number of aromatic nitrogens is 2. The van der Waals surface area contributed by atoms with Gasteiger partial charge >= 0.3 is 12.1 Å². The molecule has 0 bridgehead atoms. The Morgan fingerprint density at radius 2 is 1.88 bits per heavy atom. The number of hydrogen-bond donors (Lipinski definition) is 2. The molecule has 180 valence electrons. The fourth-order valence-corrected chi connectivity index (χ4v) is 4.20. The van der Waals surface area contributed by atoms with Crippen molar-refractivity contribution in [2.45, 2.75) is 45.5 Å². The van der Waals surface area contributed by atoms with Gasteiger partial charge in [0.25, 0.3) is 0 Å². The number of alkyl halides is 3. The smallest absolute Gasteiger partial charge is 0.407 e. The van der Waals surface area contributed by atoms with Crippen molar-refractivity contribution in [3.05, 3.63) is 54.0 Å². The van der Waals surface area contributed by atoms with E-state index in [9.17, 15) is 23.1 Å². The Balaban J connectivity index is 1.76. The predicted molar refractivity (Wildman–Crippen MR) is 123 cm³/mol. The van der Waals surface area contributed by atoms with E-state index in [2.05, 4.69) is 10.3 Å². The van der Waals surface area contributed by atoms with Crippen molar-refractivity contribution in [2.75, 3.05) is 0 Å². The summed E-state index contributed by atoms with van der Waals surface area (Å²) in [4.78, 5) is 15.9. The van der Waals surface area contributed by atoms with Crippen LogP contribution in [0.5, 0.6) is 0 Å². The minimum atomic E-state index is -4.69. The number of nitrogens with one attached hydrogen (secondary N) is 1. The summed E-state index contributed by atoms with van der Waals surface area (Å²) in [7, 11) is 1.91. The van der Waals surface area contributed by atoms with Crippen LogP contribution < -0.4 is 5.32 Å². The monoisotopic (exact) mass is 473 g/mol. The molecule has 0 aliphatic carbocycles. The number of furan rings is 1. The third kappa shape index (κ3) is 4.52. The van der Waals surface area contributed by atoms with Gasteiger partial charge in [-0.15, -0.1) is 0 Å².